The number of hydrogen-bond donors (Lipinski definition) is 1. The van der Waals surface area contributed by atoms with E-state index in [9.17, 15) is 22.8 Å². The van der Waals surface area contributed by atoms with E-state index >= 15 is 0 Å². The summed E-state index contributed by atoms with van der Waals surface area (Å²) in [4.78, 5) is 37.2. The molecule has 0 atom stereocenters. The maximum absolute atomic E-state index is 12.6. The number of piperazine rings is 1. The first-order chi connectivity index (χ1) is 18.2. The first-order valence-electron chi connectivity index (χ1n) is 13.1. The Labute approximate surface area is 233 Å². The average molecular weight is 559 g/mol. The van der Waals surface area contributed by atoms with Crippen LogP contribution in [0.2, 0.25) is 0 Å². The molecule has 0 aliphatic carbocycles. The van der Waals surface area contributed by atoms with Crippen molar-refractivity contribution in [3.05, 3.63) is 65.2 Å². The number of nitrogens with zero attached hydrogens (tertiary/aromatic N) is 3. The number of nitrogens with one attached hydrogen (secondary N) is 1. The van der Waals surface area contributed by atoms with E-state index in [-0.39, 0.29) is 11.8 Å². The molecule has 10 heteroatoms. The normalized spacial score (nSPS) is 14.3. The zero-order valence-corrected chi connectivity index (χ0v) is 24.9. The summed E-state index contributed by atoms with van der Waals surface area (Å²) in [5.41, 5.74) is 2.56. The van der Waals surface area contributed by atoms with E-state index in [0.717, 1.165) is 16.7 Å². The standard InChI is InChI=1S/C15H22N2O3S.C14H20N2O2/c1-12(2)14-4-6-15(7-5-14)21(19,20)17-10-8-16(9-11-17)13(3)18;1-14(2,13(18)16(3)4)12-7-5-11(6-8-12)9-15-10-17/h4-7,12H,8-11H2,1-3H3;5-8,10H,9H2,1-4H3,(H,15,17). The highest BCUT2D eigenvalue weighted by molar-refractivity contribution is 7.89. The molecule has 2 aromatic rings. The Balaban J connectivity index is 0.000000277. The molecule has 2 aromatic carbocycles. The summed E-state index contributed by atoms with van der Waals surface area (Å²) >= 11 is 0. The molecule has 1 fully saturated rings. The third-order valence-electron chi connectivity index (χ3n) is 6.87. The Morgan fingerprint density at radius 2 is 1.51 bits per heavy atom. The minimum absolute atomic E-state index is 0.00617. The smallest absolute Gasteiger partial charge is 0.243 e. The van der Waals surface area contributed by atoms with Crippen LogP contribution in [0.15, 0.2) is 53.4 Å². The monoisotopic (exact) mass is 558 g/mol. The van der Waals surface area contributed by atoms with Gasteiger partial charge in [0.25, 0.3) is 0 Å². The van der Waals surface area contributed by atoms with E-state index in [4.69, 9.17) is 0 Å². The van der Waals surface area contributed by atoms with Gasteiger partial charge in [-0.1, -0.05) is 50.2 Å². The van der Waals surface area contributed by atoms with Crippen LogP contribution in [0.4, 0.5) is 0 Å². The minimum atomic E-state index is -3.46. The van der Waals surface area contributed by atoms with Gasteiger partial charge in [-0.05, 0) is 48.6 Å². The summed E-state index contributed by atoms with van der Waals surface area (Å²) in [5, 5.41) is 2.61. The highest BCUT2D eigenvalue weighted by Gasteiger charge is 2.31. The van der Waals surface area contributed by atoms with E-state index in [1.165, 1.54) is 11.2 Å². The van der Waals surface area contributed by atoms with E-state index in [1.54, 1.807) is 36.0 Å². The fourth-order valence-corrected chi connectivity index (χ4v) is 5.72. The van der Waals surface area contributed by atoms with Crippen molar-refractivity contribution in [2.45, 2.75) is 57.4 Å². The third kappa shape index (κ3) is 8.37. The van der Waals surface area contributed by atoms with Crippen molar-refractivity contribution in [3.63, 3.8) is 0 Å². The molecule has 3 amide bonds. The van der Waals surface area contributed by atoms with Crippen LogP contribution < -0.4 is 5.32 Å². The van der Waals surface area contributed by atoms with Gasteiger partial charge in [0, 0.05) is 53.7 Å². The summed E-state index contributed by atoms with van der Waals surface area (Å²) in [5.74, 6) is 0.440. The van der Waals surface area contributed by atoms with Crippen LogP contribution in [0.3, 0.4) is 0 Å². The van der Waals surface area contributed by atoms with Gasteiger partial charge in [0.2, 0.25) is 28.2 Å². The topological polar surface area (TPSA) is 107 Å². The third-order valence-corrected chi connectivity index (χ3v) is 8.79. The lowest BCUT2D eigenvalue weighted by atomic mass is 9.83. The summed E-state index contributed by atoms with van der Waals surface area (Å²) in [6, 6.07) is 14.8. The number of sulfonamides is 1. The van der Waals surface area contributed by atoms with Crippen LogP contribution in [-0.4, -0.2) is 81.0 Å². The molecule has 0 bridgehead atoms. The van der Waals surface area contributed by atoms with Crippen molar-refractivity contribution >= 4 is 28.2 Å². The Morgan fingerprint density at radius 3 is 1.95 bits per heavy atom. The van der Waals surface area contributed by atoms with Gasteiger partial charge in [-0.3, -0.25) is 14.4 Å². The van der Waals surface area contributed by atoms with Crippen LogP contribution >= 0.6 is 0 Å². The molecule has 1 N–H and O–H groups in total. The predicted molar refractivity (Wildman–Crippen MR) is 153 cm³/mol. The largest absolute Gasteiger partial charge is 0.355 e. The molecule has 0 spiro atoms. The fourth-order valence-electron chi connectivity index (χ4n) is 4.30. The lowest BCUT2D eigenvalue weighted by Gasteiger charge is -2.33. The van der Waals surface area contributed by atoms with Gasteiger partial charge < -0.3 is 15.1 Å². The number of benzene rings is 2. The molecule has 0 unspecified atom stereocenters. The van der Waals surface area contributed by atoms with Gasteiger partial charge in [0.1, 0.15) is 0 Å². The molecule has 1 aliphatic heterocycles. The Morgan fingerprint density at radius 1 is 0.974 bits per heavy atom. The Hall–Kier alpha value is -3.24. The van der Waals surface area contributed by atoms with E-state index in [1.807, 2.05) is 50.2 Å². The molecule has 1 saturated heterocycles. The maximum Gasteiger partial charge on any atom is 0.243 e. The van der Waals surface area contributed by atoms with Crippen molar-refractivity contribution in [2.24, 2.45) is 0 Å². The van der Waals surface area contributed by atoms with Crippen LogP contribution in [0.25, 0.3) is 0 Å². The molecule has 3 rings (SSSR count). The number of rotatable bonds is 8. The lowest BCUT2D eigenvalue weighted by Crippen LogP contribution is -2.49. The summed E-state index contributed by atoms with van der Waals surface area (Å²) in [7, 11) is 0.0546. The van der Waals surface area contributed by atoms with Gasteiger partial charge >= 0.3 is 0 Å². The van der Waals surface area contributed by atoms with Crippen molar-refractivity contribution in [3.8, 4) is 0 Å². The first kappa shape index (κ1) is 32.0. The number of carbonyl (C=O) groups is 3. The lowest BCUT2D eigenvalue weighted by molar-refractivity contribution is -0.133. The van der Waals surface area contributed by atoms with Crippen molar-refractivity contribution in [2.75, 3.05) is 40.3 Å². The van der Waals surface area contributed by atoms with Gasteiger partial charge in [0.15, 0.2) is 0 Å². The van der Waals surface area contributed by atoms with E-state index in [0.29, 0.717) is 49.9 Å². The second-order valence-electron chi connectivity index (χ2n) is 10.7. The molecule has 0 aromatic heterocycles. The number of carbonyl (C=O) groups excluding carboxylic acids is 3. The van der Waals surface area contributed by atoms with Crippen molar-refractivity contribution in [1.82, 2.24) is 19.4 Å². The Bertz CT molecular complexity index is 1220. The highest BCUT2D eigenvalue weighted by Crippen LogP contribution is 2.25. The van der Waals surface area contributed by atoms with Crippen LogP contribution in [-0.2, 0) is 36.4 Å². The summed E-state index contributed by atoms with van der Waals surface area (Å²) in [6.45, 7) is 11.6. The fraction of sp³-hybridized carbons (Fsp3) is 0.483. The summed E-state index contributed by atoms with van der Waals surface area (Å²) in [6.07, 6.45) is 0.674. The molecule has 0 radical (unpaired) electrons. The second kappa shape index (κ2) is 13.7. The molecular formula is C29H42N4O5S. The molecule has 9 nitrogen and oxygen atoms in total. The van der Waals surface area contributed by atoms with Gasteiger partial charge in [-0.15, -0.1) is 0 Å². The zero-order valence-electron chi connectivity index (χ0n) is 24.1. The average Bonchev–Trinajstić information content (AvgIpc) is 2.92. The molecule has 1 aliphatic rings. The van der Waals surface area contributed by atoms with Gasteiger partial charge in [-0.25, -0.2) is 8.42 Å². The zero-order chi connectivity index (χ0) is 29.4. The first-order valence-corrected chi connectivity index (χ1v) is 14.5. The molecular weight excluding hydrogens is 516 g/mol. The number of hydrogen-bond acceptors (Lipinski definition) is 5. The number of likely N-dealkylation sites (N-methyl/N-ethyl adjacent to an activating group) is 1. The summed E-state index contributed by atoms with van der Waals surface area (Å²) < 4.78 is 26.6. The van der Waals surface area contributed by atoms with E-state index in [2.05, 4.69) is 19.2 Å². The van der Waals surface area contributed by atoms with Gasteiger partial charge in [-0.2, -0.15) is 4.31 Å². The predicted octanol–water partition coefficient (Wildman–Crippen LogP) is 2.96. The van der Waals surface area contributed by atoms with Crippen LogP contribution in [0.5, 0.6) is 0 Å². The van der Waals surface area contributed by atoms with Crippen LogP contribution in [0.1, 0.15) is 57.2 Å². The van der Waals surface area contributed by atoms with Gasteiger partial charge in [0.05, 0.1) is 10.3 Å². The van der Waals surface area contributed by atoms with Crippen LogP contribution in [0, 0.1) is 0 Å². The maximum atomic E-state index is 12.6. The molecule has 1 heterocycles. The number of amides is 3. The molecule has 214 valence electrons. The Kier molecular flexibility index (Phi) is 11.2. The SMILES string of the molecule is CC(=O)N1CCN(S(=O)(=O)c2ccc(C(C)C)cc2)CC1.CN(C)C(=O)C(C)(C)c1ccc(CNC=O)cc1. The van der Waals surface area contributed by atoms with E-state index < -0.39 is 15.4 Å². The van der Waals surface area contributed by atoms with Crippen molar-refractivity contribution < 1.29 is 22.8 Å². The van der Waals surface area contributed by atoms with Crippen molar-refractivity contribution in [1.29, 1.82) is 0 Å². The second-order valence-corrected chi connectivity index (χ2v) is 12.6. The molecule has 0 saturated carbocycles. The minimum Gasteiger partial charge on any atom is -0.355 e. The highest BCUT2D eigenvalue weighted by atomic mass is 32.2. The quantitative estimate of drug-likeness (QED) is 0.502. The molecule has 39 heavy (non-hydrogen) atoms.